The van der Waals surface area contributed by atoms with Crippen molar-refractivity contribution in [3.63, 3.8) is 0 Å². The lowest BCUT2D eigenvalue weighted by molar-refractivity contribution is -0.137. The van der Waals surface area contributed by atoms with Crippen molar-refractivity contribution in [1.82, 2.24) is 20.5 Å². The first-order chi connectivity index (χ1) is 12.4. The molecule has 11 heteroatoms. The van der Waals surface area contributed by atoms with Crippen LogP contribution in [0, 0.1) is 0 Å². The van der Waals surface area contributed by atoms with Crippen molar-refractivity contribution in [2.45, 2.75) is 32.5 Å². The summed E-state index contributed by atoms with van der Waals surface area (Å²) >= 11 is 0. The molecule has 0 spiro atoms. The van der Waals surface area contributed by atoms with E-state index in [4.69, 9.17) is 4.74 Å². The highest BCUT2D eigenvalue weighted by atomic mass is 127. The van der Waals surface area contributed by atoms with Crippen molar-refractivity contribution in [2.24, 2.45) is 4.99 Å². The Hall–Kier alpha value is -1.79. The average molecular weight is 517 g/mol. The number of nitrogens with one attached hydrogen (secondary N) is 2. The van der Waals surface area contributed by atoms with E-state index in [2.05, 4.69) is 20.6 Å². The van der Waals surface area contributed by atoms with E-state index >= 15 is 0 Å². The van der Waals surface area contributed by atoms with Crippen LogP contribution in [0.25, 0.3) is 0 Å². The predicted octanol–water partition coefficient (Wildman–Crippen LogP) is 2.52. The predicted molar refractivity (Wildman–Crippen MR) is 112 cm³/mol. The van der Waals surface area contributed by atoms with E-state index in [9.17, 15) is 18.0 Å². The topological polar surface area (TPSA) is 78.9 Å². The number of rotatable bonds is 6. The quantitative estimate of drug-likeness (QED) is 0.263. The highest BCUT2D eigenvalue weighted by Crippen LogP contribution is 2.29. The van der Waals surface area contributed by atoms with Gasteiger partial charge in [0.05, 0.1) is 18.7 Å². The molecule has 0 saturated heterocycles. The van der Waals surface area contributed by atoms with E-state index in [1.165, 1.54) is 6.07 Å². The van der Waals surface area contributed by atoms with Gasteiger partial charge in [-0.05, 0) is 26.8 Å². The number of amides is 1. The molecule has 160 valence electrons. The molecule has 0 saturated carbocycles. The second-order valence-electron chi connectivity index (χ2n) is 6.86. The summed E-state index contributed by atoms with van der Waals surface area (Å²) in [6.45, 7) is 6.30. The van der Waals surface area contributed by atoms with Gasteiger partial charge in [-0.2, -0.15) is 13.2 Å². The first-order valence-electron chi connectivity index (χ1n) is 8.31. The minimum absolute atomic E-state index is 0. The summed E-state index contributed by atoms with van der Waals surface area (Å²) in [4.78, 5) is 21.3. The normalized spacial score (nSPS) is 12.1. The number of hydrogen-bond donors (Lipinski definition) is 2. The average Bonchev–Trinajstić information content (AvgIpc) is 2.52. The van der Waals surface area contributed by atoms with Gasteiger partial charge in [-0.3, -0.25) is 9.79 Å². The Morgan fingerprint density at radius 3 is 2.39 bits per heavy atom. The highest BCUT2D eigenvalue weighted by Gasteiger charge is 2.30. The number of guanidine groups is 1. The minimum Gasteiger partial charge on any atom is -0.476 e. The molecule has 7 nitrogen and oxygen atoms in total. The summed E-state index contributed by atoms with van der Waals surface area (Å²) in [5.74, 6) is 0.443. The third-order valence-corrected chi connectivity index (χ3v) is 3.17. The molecule has 28 heavy (non-hydrogen) atoms. The van der Waals surface area contributed by atoms with Crippen LogP contribution in [0.1, 0.15) is 26.3 Å². The van der Waals surface area contributed by atoms with Crippen molar-refractivity contribution in [3.05, 3.63) is 23.9 Å². The molecule has 0 atom stereocenters. The van der Waals surface area contributed by atoms with Gasteiger partial charge in [0, 0.05) is 31.9 Å². The number of likely N-dealkylation sites (N-methyl/N-ethyl adjacent to an activating group) is 1. The Balaban J connectivity index is 0.00000729. The summed E-state index contributed by atoms with van der Waals surface area (Å²) in [6.07, 6.45) is -3.70. The molecule has 0 aliphatic rings. The molecule has 0 aliphatic carbocycles. The zero-order valence-electron chi connectivity index (χ0n) is 16.6. The van der Waals surface area contributed by atoms with Gasteiger partial charge in [-0.25, -0.2) is 4.98 Å². The third-order valence-electron chi connectivity index (χ3n) is 3.17. The summed E-state index contributed by atoms with van der Waals surface area (Å²) in [7, 11) is 3.30. The maximum atomic E-state index is 12.5. The van der Waals surface area contributed by atoms with Gasteiger partial charge in [-0.1, -0.05) is 0 Å². The van der Waals surface area contributed by atoms with Gasteiger partial charge in [0.1, 0.15) is 6.61 Å². The number of aliphatic imine (C=N–C) groups is 1. The van der Waals surface area contributed by atoms with Crippen LogP contribution in [0.15, 0.2) is 23.3 Å². The first-order valence-corrected chi connectivity index (χ1v) is 8.31. The standard InChI is InChI=1S/C17H26F3N5O2.HI/c1-16(2,3)24-13(26)11-25(5)15(21-4)22-8-9-27-14-7-6-12(10-23-14)17(18,19)20;/h6-7,10H,8-9,11H2,1-5H3,(H,21,22)(H,24,26);1H. The summed E-state index contributed by atoms with van der Waals surface area (Å²) in [6, 6.07) is 2.08. The zero-order chi connectivity index (χ0) is 20.7. The lowest BCUT2D eigenvalue weighted by atomic mass is 10.1. The van der Waals surface area contributed by atoms with Gasteiger partial charge < -0.3 is 20.3 Å². The number of carbonyl (C=O) groups is 1. The molecule has 2 N–H and O–H groups in total. The molecule has 1 aromatic rings. The second kappa shape index (κ2) is 11.3. The molecule has 0 unspecified atom stereocenters. The Morgan fingerprint density at radius 1 is 1.29 bits per heavy atom. The van der Waals surface area contributed by atoms with E-state index in [-0.39, 0.29) is 54.5 Å². The van der Waals surface area contributed by atoms with Crippen LogP contribution >= 0.6 is 24.0 Å². The number of ether oxygens (including phenoxy) is 1. The Kier molecular flexibility index (Phi) is 10.5. The SMILES string of the molecule is CN=C(NCCOc1ccc(C(F)(F)F)cn1)N(C)CC(=O)NC(C)(C)C.I. The van der Waals surface area contributed by atoms with E-state index < -0.39 is 11.7 Å². The van der Waals surface area contributed by atoms with E-state index in [0.29, 0.717) is 12.5 Å². The van der Waals surface area contributed by atoms with Crippen LogP contribution in [0.3, 0.4) is 0 Å². The lowest BCUT2D eigenvalue weighted by Crippen LogP contribution is -2.49. The van der Waals surface area contributed by atoms with Crippen LogP contribution < -0.4 is 15.4 Å². The van der Waals surface area contributed by atoms with Crippen LogP contribution in [0.5, 0.6) is 5.88 Å². The second-order valence-corrected chi connectivity index (χ2v) is 6.86. The van der Waals surface area contributed by atoms with Crippen molar-refractivity contribution in [2.75, 3.05) is 33.8 Å². The van der Waals surface area contributed by atoms with Gasteiger partial charge in [0.25, 0.3) is 0 Å². The van der Waals surface area contributed by atoms with Crippen LogP contribution in [0.2, 0.25) is 0 Å². The smallest absolute Gasteiger partial charge is 0.417 e. The van der Waals surface area contributed by atoms with Gasteiger partial charge in [0.15, 0.2) is 5.96 Å². The number of carbonyl (C=O) groups excluding carboxylic acids is 1. The van der Waals surface area contributed by atoms with E-state index in [1.807, 2.05) is 20.8 Å². The lowest BCUT2D eigenvalue weighted by Gasteiger charge is -2.25. The fraction of sp³-hybridized carbons (Fsp3) is 0.588. The molecule has 0 bridgehead atoms. The Labute approximate surface area is 180 Å². The summed E-state index contributed by atoms with van der Waals surface area (Å²) < 4.78 is 42.7. The molecule has 1 aromatic heterocycles. The molecule has 1 rings (SSSR count). The number of pyridine rings is 1. The monoisotopic (exact) mass is 517 g/mol. The Bertz CT molecular complexity index is 646. The number of aromatic nitrogens is 1. The zero-order valence-corrected chi connectivity index (χ0v) is 18.9. The van der Waals surface area contributed by atoms with Crippen molar-refractivity contribution in [1.29, 1.82) is 0 Å². The fourth-order valence-corrected chi connectivity index (χ4v) is 2.08. The van der Waals surface area contributed by atoms with Crippen molar-refractivity contribution < 1.29 is 22.7 Å². The number of nitrogens with zero attached hydrogens (tertiary/aromatic N) is 3. The first kappa shape index (κ1) is 26.2. The fourth-order valence-electron chi connectivity index (χ4n) is 2.08. The van der Waals surface area contributed by atoms with Crippen LogP contribution in [0.4, 0.5) is 13.2 Å². The molecule has 0 radical (unpaired) electrons. The molecule has 0 aromatic carbocycles. The third kappa shape index (κ3) is 9.95. The Morgan fingerprint density at radius 2 is 1.93 bits per heavy atom. The number of halogens is 4. The van der Waals surface area contributed by atoms with Gasteiger partial charge in [-0.15, -0.1) is 24.0 Å². The largest absolute Gasteiger partial charge is 0.476 e. The van der Waals surface area contributed by atoms with Gasteiger partial charge >= 0.3 is 6.18 Å². The maximum absolute atomic E-state index is 12.5. The van der Waals surface area contributed by atoms with Crippen LogP contribution in [-0.4, -0.2) is 61.1 Å². The number of hydrogen-bond acceptors (Lipinski definition) is 4. The molecule has 1 heterocycles. The van der Waals surface area contributed by atoms with Gasteiger partial charge in [0.2, 0.25) is 11.8 Å². The summed E-state index contributed by atoms with van der Waals surface area (Å²) in [5, 5.41) is 5.86. The van der Waals surface area contributed by atoms with E-state index in [0.717, 1.165) is 12.3 Å². The van der Waals surface area contributed by atoms with Crippen molar-refractivity contribution >= 4 is 35.8 Å². The van der Waals surface area contributed by atoms with E-state index in [1.54, 1.807) is 19.0 Å². The highest BCUT2D eigenvalue weighted by molar-refractivity contribution is 14.0. The number of alkyl halides is 3. The van der Waals surface area contributed by atoms with Crippen molar-refractivity contribution in [3.8, 4) is 5.88 Å². The molecule has 0 aliphatic heterocycles. The minimum atomic E-state index is -4.43. The molecular formula is C17H27F3IN5O2. The molecular weight excluding hydrogens is 490 g/mol. The molecule has 1 amide bonds. The maximum Gasteiger partial charge on any atom is 0.417 e. The van der Waals surface area contributed by atoms with Crippen LogP contribution in [-0.2, 0) is 11.0 Å². The molecule has 0 fully saturated rings. The summed E-state index contributed by atoms with van der Waals surface area (Å²) in [5.41, 5.74) is -1.15.